The maximum absolute atomic E-state index is 12.3. The zero-order valence-electron chi connectivity index (χ0n) is 29.0. The highest BCUT2D eigenvalue weighted by atomic mass is 16.8. The van der Waals surface area contributed by atoms with Gasteiger partial charge in [-0.05, 0) is 35.7 Å². The number of fused-ring (bicyclic) bond motifs is 1. The van der Waals surface area contributed by atoms with Crippen molar-refractivity contribution in [2.75, 3.05) is 19.8 Å². The third-order valence-electron chi connectivity index (χ3n) is 9.22. The summed E-state index contributed by atoms with van der Waals surface area (Å²) in [7, 11) is 0. The highest BCUT2D eigenvalue weighted by Gasteiger charge is 2.55. The fourth-order valence-electron chi connectivity index (χ4n) is 6.98. The van der Waals surface area contributed by atoms with Crippen LogP contribution in [-0.4, -0.2) is 111 Å². The highest BCUT2D eigenvalue weighted by Crippen LogP contribution is 2.59. The van der Waals surface area contributed by atoms with E-state index in [4.69, 9.17) is 47.4 Å². The molecule has 0 amide bonds. The summed E-state index contributed by atoms with van der Waals surface area (Å²) in [4.78, 5) is 72.7. The minimum atomic E-state index is -1.41. The van der Waals surface area contributed by atoms with Crippen molar-refractivity contribution in [1.82, 2.24) is 0 Å². The molecule has 49 heavy (non-hydrogen) atoms. The number of hydrogen-bond acceptors (Lipinski definition) is 16. The first-order valence-electron chi connectivity index (χ1n) is 16.2. The highest BCUT2D eigenvalue weighted by molar-refractivity contribution is 5.69. The Bertz CT molecular complexity index is 1310. The first kappa shape index (κ1) is 38.2. The van der Waals surface area contributed by atoms with Gasteiger partial charge in [-0.1, -0.05) is 19.9 Å². The summed E-state index contributed by atoms with van der Waals surface area (Å²) in [6, 6.07) is 0. The zero-order valence-corrected chi connectivity index (χ0v) is 29.0. The molecular weight excluding hydrogens is 652 g/mol. The Hall–Kier alpha value is -3.60. The SMILES string of the molecule is CC(=O)O[C@@H]1[C@@H](OC(C)=O)[C@H](OCC2=CC[C@H]3C[C@@H]2C3(C)C)O[C@H](CO[C@@H]2OC[C@H](OC(C)=O)[C@H](OC(C)=O)[C@H]2OC(C)=O)[C@H]1OC(C)=O. The molecular formula is C33H46O16. The van der Waals surface area contributed by atoms with Crippen molar-refractivity contribution in [3.05, 3.63) is 11.6 Å². The molecule has 0 N–H and O–H groups in total. The number of ether oxygens (including phenoxy) is 10. The van der Waals surface area contributed by atoms with Gasteiger partial charge >= 0.3 is 35.8 Å². The van der Waals surface area contributed by atoms with Crippen LogP contribution < -0.4 is 0 Å². The second-order valence-corrected chi connectivity index (χ2v) is 13.2. The van der Waals surface area contributed by atoms with Crippen LogP contribution in [0.1, 0.15) is 68.2 Å². The van der Waals surface area contributed by atoms with Gasteiger partial charge in [0.15, 0.2) is 49.2 Å². The Kier molecular flexibility index (Phi) is 12.4. The quantitative estimate of drug-likeness (QED) is 0.162. The molecule has 3 fully saturated rings. The van der Waals surface area contributed by atoms with Crippen molar-refractivity contribution < 1.29 is 76.1 Å². The molecule has 11 atom stereocenters. The van der Waals surface area contributed by atoms with Gasteiger partial charge in [-0.25, -0.2) is 0 Å². The number of allylic oxidation sites excluding steroid dienone is 1. The van der Waals surface area contributed by atoms with Crippen LogP contribution in [0.2, 0.25) is 0 Å². The lowest BCUT2D eigenvalue weighted by molar-refractivity contribution is -0.324. The predicted octanol–water partition coefficient (Wildman–Crippen LogP) is 1.68. The van der Waals surface area contributed by atoms with Gasteiger partial charge < -0.3 is 47.4 Å². The lowest BCUT2D eigenvalue weighted by atomic mass is 9.49. The number of carbonyl (C=O) groups excluding carboxylic acids is 6. The summed E-state index contributed by atoms with van der Waals surface area (Å²) in [5.41, 5.74) is 1.17. The first-order valence-corrected chi connectivity index (χ1v) is 16.2. The van der Waals surface area contributed by atoms with Gasteiger partial charge in [0.05, 0.1) is 19.8 Å². The van der Waals surface area contributed by atoms with Crippen molar-refractivity contribution in [2.45, 2.75) is 124 Å². The Morgan fingerprint density at radius 3 is 1.71 bits per heavy atom. The van der Waals surface area contributed by atoms with Gasteiger partial charge in [0.25, 0.3) is 0 Å². The van der Waals surface area contributed by atoms with Crippen LogP contribution in [0.4, 0.5) is 0 Å². The largest absolute Gasteiger partial charge is 0.456 e. The minimum absolute atomic E-state index is 0.101. The van der Waals surface area contributed by atoms with Gasteiger partial charge in [0, 0.05) is 41.5 Å². The van der Waals surface area contributed by atoms with E-state index in [-0.39, 0.29) is 18.6 Å². The third-order valence-corrected chi connectivity index (χ3v) is 9.22. The summed E-state index contributed by atoms with van der Waals surface area (Å²) >= 11 is 0. The number of carbonyl (C=O) groups is 6. The molecule has 0 spiro atoms. The summed E-state index contributed by atoms with van der Waals surface area (Å²) in [5.74, 6) is -3.60. The molecule has 0 aromatic rings. The molecule has 16 nitrogen and oxygen atoms in total. The third kappa shape index (κ3) is 9.35. The topological polar surface area (TPSA) is 195 Å². The average Bonchev–Trinajstić information content (AvgIpc) is 2.98. The molecule has 16 heteroatoms. The van der Waals surface area contributed by atoms with E-state index in [1.165, 1.54) is 0 Å². The molecule has 2 saturated heterocycles. The van der Waals surface area contributed by atoms with Crippen LogP contribution in [0.15, 0.2) is 11.6 Å². The van der Waals surface area contributed by atoms with Gasteiger partial charge in [-0.2, -0.15) is 0 Å². The van der Waals surface area contributed by atoms with E-state index in [1.54, 1.807) is 0 Å². The second kappa shape index (κ2) is 16.0. The molecule has 0 unspecified atom stereocenters. The van der Waals surface area contributed by atoms with Crippen molar-refractivity contribution in [1.29, 1.82) is 0 Å². The molecule has 0 aromatic carbocycles. The molecule has 5 aliphatic rings. The Labute approximate surface area is 284 Å². The Morgan fingerprint density at radius 2 is 1.18 bits per heavy atom. The van der Waals surface area contributed by atoms with Gasteiger partial charge in [-0.15, -0.1) is 0 Å². The number of rotatable bonds is 12. The molecule has 2 aliphatic heterocycles. The van der Waals surface area contributed by atoms with Gasteiger partial charge in [-0.3, -0.25) is 28.8 Å². The van der Waals surface area contributed by atoms with E-state index in [0.717, 1.165) is 60.0 Å². The fraction of sp³-hybridized carbons (Fsp3) is 0.758. The number of esters is 6. The molecule has 3 aliphatic carbocycles. The molecule has 274 valence electrons. The predicted molar refractivity (Wildman–Crippen MR) is 162 cm³/mol. The van der Waals surface area contributed by atoms with E-state index in [9.17, 15) is 28.8 Å². The lowest BCUT2D eigenvalue weighted by Crippen LogP contribution is -2.63. The van der Waals surface area contributed by atoms with Crippen molar-refractivity contribution in [2.24, 2.45) is 17.3 Å². The monoisotopic (exact) mass is 698 g/mol. The standard InChI is InChI=1S/C33H46O16/c1-15(34)43-24-13-41-31(29(47-19(5)38)27(24)45-17(3)36)42-14-25-26(44-16(2)35)28(46-18(4)37)30(48-20(6)39)32(49-25)40-12-21-9-10-22-11-23(21)33(22,7)8/h9,22-32H,10-14H2,1-8H3/t22-,23-,24-,25+,26+,27-,28-,29+,30+,31-,32+/m0/s1. The second-order valence-electron chi connectivity index (χ2n) is 13.2. The smallest absolute Gasteiger partial charge is 0.303 e. The van der Waals surface area contributed by atoms with E-state index >= 15 is 0 Å². The molecule has 1 saturated carbocycles. The van der Waals surface area contributed by atoms with Gasteiger partial charge in [0.2, 0.25) is 0 Å². The summed E-state index contributed by atoms with van der Waals surface area (Å²) in [6.45, 7) is 10.6. The van der Waals surface area contributed by atoms with Crippen molar-refractivity contribution in [3.8, 4) is 0 Å². The zero-order chi connectivity index (χ0) is 36.2. The maximum atomic E-state index is 12.3. The Morgan fingerprint density at radius 1 is 0.673 bits per heavy atom. The Balaban J connectivity index is 1.61. The van der Waals surface area contributed by atoms with Crippen molar-refractivity contribution in [3.63, 3.8) is 0 Å². The van der Waals surface area contributed by atoms with E-state index < -0.39 is 97.7 Å². The summed E-state index contributed by atoms with van der Waals surface area (Å²) in [6.07, 6.45) is -7.83. The lowest BCUT2D eigenvalue weighted by Gasteiger charge is -2.56. The summed E-state index contributed by atoms with van der Waals surface area (Å²) < 4.78 is 57.0. The van der Waals surface area contributed by atoms with Crippen LogP contribution in [0.3, 0.4) is 0 Å². The molecule has 0 aromatic heterocycles. The van der Waals surface area contributed by atoms with E-state index in [2.05, 4.69) is 19.9 Å². The fourth-order valence-corrected chi connectivity index (χ4v) is 6.98. The number of hydrogen-bond donors (Lipinski definition) is 0. The van der Waals surface area contributed by atoms with Crippen LogP contribution in [0, 0.1) is 17.3 Å². The first-order chi connectivity index (χ1) is 23.0. The normalized spacial score (nSPS) is 34.6. The van der Waals surface area contributed by atoms with Crippen LogP contribution in [0.25, 0.3) is 0 Å². The van der Waals surface area contributed by atoms with Gasteiger partial charge in [0.1, 0.15) is 6.10 Å². The molecule has 2 bridgehead atoms. The maximum Gasteiger partial charge on any atom is 0.303 e. The van der Waals surface area contributed by atoms with E-state index in [0.29, 0.717) is 11.8 Å². The molecule has 5 rings (SSSR count). The van der Waals surface area contributed by atoms with Crippen LogP contribution >= 0.6 is 0 Å². The van der Waals surface area contributed by atoms with E-state index in [1.807, 2.05) is 0 Å². The molecule has 0 radical (unpaired) electrons. The van der Waals surface area contributed by atoms with Crippen LogP contribution in [0.5, 0.6) is 0 Å². The minimum Gasteiger partial charge on any atom is -0.456 e. The average molecular weight is 699 g/mol. The molecule has 2 heterocycles. The van der Waals surface area contributed by atoms with Crippen molar-refractivity contribution >= 4 is 35.8 Å². The summed E-state index contributed by atoms with van der Waals surface area (Å²) in [5, 5.41) is 0. The van der Waals surface area contributed by atoms with Crippen LogP contribution in [-0.2, 0) is 76.1 Å².